The number of benzene rings is 2. The Morgan fingerprint density at radius 2 is 1.59 bits per heavy atom. The van der Waals surface area contributed by atoms with Crippen molar-refractivity contribution in [2.45, 2.75) is 45.3 Å². The van der Waals surface area contributed by atoms with E-state index in [1.807, 2.05) is 35.2 Å². The molecule has 2 aliphatic rings. The molecule has 2 fully saturated rings. The van der Waals surface area contributed by atoms with Crippen molar-refractivity contribution in [2.24, 2.45) is 0 Å². The van der Waals surface area contributed by atoms with Gasteiger partial charge in [0.05, 0.1) is 0 Å². The molecule has 29 heavy (non-hydrogen) atoms. The molecule has 2 aromatic rings. The Labute approximate surface area is 172 Å². The van der Waals surface area contributed by atoms with E-state index in [1.165, 1.54) is 24.0 Å². The summed E-state index contributed by atoms with van der Waals surface area (Å²) in [7, 11) is 0. The SMILES string of the molecule is O=C(NCc1ccccc1CN1CCCC1)c1ccc(CN2CCCC2=O)cc1. The molecule has 0 atom stereocenters. The molecule has 2 amide bonds. The summed E-state index contributed by atoms with van der Waals surface area (Å²) in [4.78, 5) is 28.7. The Kier molecular flexibility index (Phi) is 6.25. The van der Waals surface area contributed by atoms with Gasteiger partial charge in [-0.05, 0) is 61.2 Å². The molecule has 0 aromatic heterocycles. The van der Waals surface area contributed by atoms with E-state index in [0.29, 0.717) is 25.1 Å². The Morgan fingerprint density at radius 1 is 0.862 bits per heavy atom. The molecule has 5 heteroatoms. The maximum atomic E-state index is 12.6. The van der Waals surface area contributed by atoms with E-state index in [1.54, 1.807) is 0 Å². The minimum absolute atomic E-state index is 0.0650. The van der Waals surface area contributed by atoms with Crippen LogP contribution in [0.25, 0.3) is 0 Å². The zero-order valence-electron chi connectivity index (χ0n) is 16.9. The summed E-state index contributed by atoms with van der Waals surface area (Å²) in [6, 6.07) is 16.0. The number of nitrogens with zero attached hydrogens (tertiary/aromatic N) is 2. The highest BCUT2D eigenvalue weighted by Crippen LogP contribution is 2.17. The standard InChI is InChI=1S/C24H29N3O2/c28-23-8-5-15-27(23)17-19-9-11-20(12-10-19)24(29)25-16-21-6-1-2-7-22(21)18-26-13-3-4-14-26/h1-2,6-7,9-12H,3-5,8,13-18H2,(H,25,29). The number of nitrogens with one attached hydrogen (secondary N) is 1. The fraction of sp³-hybridized carbons (Fsp3) is 0.417. The van der Waals surface area contributed by atoms with Gasteiger partial charge in [-0.25, -0.2) is 0 Å². The summed E-state index contributed by atoms with van der Waals surface area (Å²) in [5, 5.41) is 3.06. The fourth-order valence-corrected chi connectivity index (χ4v) is 4.20. The van der Waals surface area contributed by atoms with Crippen LogP contribution < -0.4 is 5.32 Å². The largest absolute Gasteiger partial charge is 0.348 e. The van der Waals surface area contributed by atoms with Crippen LogP contribution in [-0.2, 0) is 24.4 Å². The van der Waals surface area contributed by atoms with Crippen molar-refractivity contribution in [3.63, 3.8) is 0 Å². The number of carbonyl (C=O) groups excluding carboxylic acids is 2. The summed E-state index contributed by atoms with van der Waals surface area (Å²) in [5.41, 5.74) is 4.18. The average molecular weight is 392 g/mol. The van der Waals surface area contributed by atoms with Crippen molar-refractivity contribution < 1.29 is 9.59 Å². The molecule has 0 unspecified atom stereocenters. The summed E-state index contributed by atoms with van der Waals surface area (Å²) in [6.07, 6.45) is 4.15. The topological polar surface area (TPSA) is 52.7 Å². The van der Waals surface area contributed by atoms with Gasteiger partial charge in [0.15, 0.2) is 0 Å². The van der Waals surface area contributed by atoms with E-state index >= 15 is 0 Å². The maximum absolute atomic E-state index is 12.6. The second-order valence-electron chi connectivity index (χ2n) is 8.05. The van der Waals surface area contributed by atoms with Gasteiger partial charge < -0.3 is 10.2 Å². The molecular weight excluding hydrogens is 362 g/mol. The van der Waals surface area contributed by atoms with Gasteiger partial charge in [0.2, 0.25) is 5.91 Å². The van der Waals surface area contributed by atoms with Crippen molar-refractivity contribution in [1.29, 1.82) is 0 Å². The second-order valence-corrected chi connectivity index (χ2v) is 8.05. The van der Waals surface area contributed by atoms with Gasteiger partial charge in [-0.2, -0.15) is 0 Å². The first-order chi connectivity index (χ1) is 14.2. The summed E-state index contributed by atoms with van der Waals surface area (Å²) in [5.74, 6) is 0.157. The van der Waals surface area contributed by atoms with Crippen molar-refractivity contribution >= 4 is 11.8 Å². The van der Waals surface area contributed by atoms with Gasteiger partial charge in [0.25, 0.3) is 5.91 Å². The van der Waals surface area contributed by atoms with Gasteiger partial charge in [-0.15, -0.1) is 0 Å². The lowest BCUT2D eigenvalue weighted by Gasteiger charge is -2.18. The molecule has 0 saturated carbocycles. The molecule has 2 aliphatic heterocycles. The van der Waals surface area contributed by atoms with Crippen LogP contribution in [0.15, 0.2) is 48.5 Å². The minimum atomic E-state index is -0.0650. The predicted octanol–water partition coefficient (Wildman–Crippen LogP) is 3.33. The maximum Gasteiger partial charge on any atom is 0.251 e. The molecule has 152 valence electrons. The quantitative estimate of drug-likeness (QED) is 0.788. The molecule has 0 radical (unpaired) electrons. The normalized spacial score (nSPS) is 17.1. The third-order valence-electron chi connectivity index (χ3n) is 5.91. The van der Waals surface area contributed by atoms with Crippen LogP contribution in [0.5, 0.6) is 0 Å². The van der Waals surface area contributed by atoms with Crippen LogP contribution in [-0.4, -0.2) is 41.2 Å². The third-order valence-corrected chi connectivity index (χ3v) is 5.91. The Bertz CT molecular complexity index is 857. The van der Waals surface area contributed by atoms with E-state index in [4.69, 9.17) is 0 Å². The van der Waals surface area contributed by atoms with Crippen molar-refractivity contribution in [3.05, 3.63) is 70.8 Å². The van der Waals surface area contributed by atoms with E-state index < -0.39 is 0 Å². The second kappa shape index (κ2) is 9.23. The van der Waals surface area contributed by atoms with Gasteiger partial charge in [-0.1, -0.05) is 36.4 Å². The Hall–Kier alpha value is -2.66. The molecule has 1 N–H and O–H groups in total. The minimum Gasteiger partial charge on any atom is -0.348 e. The van der Waals surface area contributed by atoms with Gasteiger partial charge >= 0.3 is 0 Å². The highest BCUT2D eigenvalue weighted by Gasteiger charge is 2.20. The van der Waals surface area contributed by atoms with Crippen molar-refractivity contribution in [3.8, 4) is 0 Å². The molecule has 0 aliphatic carbocycles. The molecule has 4 rings (SSSR count). The summed E-state index contributed by atoms with van der Waals surface area (Å²) >= 11 is 0. The predicted molar refractivity (Wildman–Crippen MR) is 113 cm³/mol. The number of carbonyl (C=O) groups is 2. The zero-order chi connectivity index (χ0) is 20.1. The number of rotatable bonds is 7. The monoisotopic (exact) mass is 391 g/mol. The number of likely N-dealkylation sites (tertiary alicyclic amines) is 2. The highest BCUT2D eigenvalue weighted by atomic mass is 16.2. The van der Waals surface area contributed by atoms with E-state index in [0.717, 1.165) is 38.2 Å². The Morgan fingerprint density at radius 3 is 2.28 bits per heavy atom. The molecule has 0 bridgehead atoms. The zero-order valence-corrected chi connectivity index (χ0v) is 16.9. The summed E-state index contributed by atoms with van der Waals surface area (Å²) < 4.78 is 0. The first-order valence-corrected chi connectivity index (χ1v) is 10.6. The van der Waals surface area contributed by atoms with Crippen LogP contribution >= 0.6 is 0 Å². The van der Waals surface area contributed by atoms with Gasteiger partial charge in [0.1, 0.15) is 0 Å². The number of amides is 2. The third kappa shape index (κ3) is 5.04. The van der Waals surface area contributed by atoms with Crippen molar-refractivity contribution in [2.75, 3.05) is 19.6 Å². The van der Waals surface area contributed by atoms with Gasteiger partial charge in [-0.3, -0.25) is 14.5 Å². The smallest absolute Gasteiger partial charge is 0.251 e. The molecule has 2 heterocycles. The van der Waals surface area contributed by atoms with E-state index in [2.05, 4.69) is 28.4 Å². The molecule has 5 nitrogen and oxygen atoms in total. The van der Waals surface area contributed by atoms with Crippen LogP contribution in [0, 0.1) is 0 Å². The number of hydrogen-bond donors (Lipinski definition) is 1. The van der Waals surface area contributed by atoms with Crippen LogP contribution in [0.4, 0.5) is 0 Å². The lowest BCUT2D eigenvalue weighted by Crippen LogP contribution is -2.25. The average Bonchev–Trinajstić information content (AvgIpc) is 3.40. The molecule has 0 spiro atoms. The molecule has 2 saturated heterocycles. The van der Waals surface area contributed by atoms with E-state index in [9.17, 15) is 9.59 Å². The first-order valence-electron chi connectivity index (χ1n) is 10.6. The highest BCUT2D eigenvalue weighted by molar-refractivity contribution is 5.94. The lowest BCUT2D eigenvalue weighted by atomic mass is 10.1. The Balaban J connectivity index is 1.33. The lowest BCUT2D eigenvalue weighted by molar-refractivity contribution is -0.128. The van der Waals surface area contributed by atoms with Crippen LogP contribution in [0.3, 0.4) is 0 Å². The van der Waals surface area contributed by atoms with Crippen LogP contribution in [0.1, 0.15) is 52.7 Å². The first kappa shape index (κ1) is 19.6. The molecular formula is C24H29N3O2. The summed E-state index contributed by atoms with van der Waals surface area (Å²) in [6.45, 7) is 5.28. The van der Waals surface area contributed by atoms with Gasteiger partial charge in [0, 0.05) is 38.2 Å². The van der Waals surface area contributed by atoms with Crippen molar-refractivity contribution in [1.82, 2.24) is 15.1 Å². The van der Waals surface area contributed by atoms with Crippen LogP contribution in [0.2, 0.25) is 0 Å². The fourth-order valence-electron chi connectivity index (χ4n) is 4.20. The van der Waals surface area contributed by atoms with E-state index in [-0.39, 0.29) is 11.8 Å². The number of hydrogen-bond acceptors (Lipinski definition) is 3. The molecule has 2 aromatic carbocycles.